The maximum absolute atomic E-state index is 5.77. The van der Waals surface area contributed by atoms with E-state index in [9.17, 15) is 0 Å². The van der Waals surface area contributed by atoms with Crippen LogP contribution in [0.1, 0.15) is 30.6 Å². The number of aromatic nitrogens is 2. The van der Waals surface area contributed by atoms with Crippen molar-refractivity contribution >= 4 is 11.6 Å². The Labute approximate surface area is 78.6 Å². The zero-order valence-corrected chi connectivity index (χ0v) is 8.65. The van der Waals surface area contributed by atoms with Crippen molar-refractivity contribution in [2.24, 2.45) is 0 Å². The average molecular weight is 187 g/mol. The van der Waals surface area contributed by atoms with E-state index in [1.807, 2.05) is 6.92 Å². The summed E-state index contributed by atoms with van der Waals surface area (Å²) in [5, 5.41) is 0. The van der Waals surface area contributed by atoms with E-state index < -0.39 is 0 Å². The summed E-state index contributed by atoms with van der Waals surface area (Å²) >= 11 is 5.77. The number of rotatable bonds is 3. The van der Waals surface area contributed by atoms with E-state index in [1.54, 1.807) is 0 Å². The van der Waals surface area contributed by atoms with Crippen LogP contribution in [-0.4, -0.2) is 9.55 Å². The molecule has 1 aromatic heterocycles. The Morgan fingerprint density at radius 3 is 2.58 bits per heavy atom. The first kappa shape index (κ1) is 9.59. The molecule has 1 aromatic rings. The highest BCUT2D eigenvalue weighted by Crippen LogP contribution is 2.12. The van der Waals surface area contributed by atoms with Crippen LogP contribution in [0.2, 0.25) is 0 Å². The fourth-order valence-corrected chi connectivity index (χ4v) is 1.55. The predicted molar refractivity (Wildman–Crippen MR) is 51.5 cm³/mol. The van der Waals surface area contributed by atoms with Gasteiger partial charge in [0, 0.05) is 12.2 Å². The number of alkyl halides is 1. The van der Waals surface area contributed by atoms with Crippen LogP contribution in [0.3, 0.4) is 0 Å². The first-order valence-corrected chi connectivity index (χ1v) is 4.82. The van der Waals surface area contributed by atoms with E-state index in [0.29, 0.717) is 5.88 Å². The molecule has 1 rings (SSSR count). The van der Waals surface area contributed by atoms with Crippen LogP contribution in [0.25, 0.3) is 0 Å². The van der Waals surface area contributed by atoms with Crippen molar-refractivity contribution in [3.05, 3.63) is 17.2 Å². The van der Waals surface area contributed by atoms with Crippen LogP contribution in [0, 0.1) is 13.8 Å². The molecule has 0 saturated carbocycles. The number of hydrogen-bond acceptors (Lipinski definition) is 1. The topological polar surface area (TPSA) is 17.8 Å². The maximum atomic E-state index is 5.77. The molecular formula is C9H15ClN2. The van der Waals surface area contributed by atoms with E-state index in [4.69, 9.17) is 11.6 Å². The molecule has 0 aliphatic carbocycles. The molecule has 0 radical (unpaired) electrons. The standard InChI is InChI=1S/C9H15ClN2/c1-4-5-12-8(3)7(2)11-9(12)6-10/h4-6H2,1-3H3. The number of imidazole rings is 1. The molecule has 0 unspecified atom stereocenters. The molecule has 0 N–H and O–H groups in total. The van der Waals surface area contributed by atoms with Crippen molar-refractivity contribution in [1.29, 1.82) is 0 Å². The zero-order valence-electron chi connectivity index (χ0n) is 7.89. The number of hydrogen-bond donors (Lipinski definition) is 0. The van der Waals surface area contributed by atoms with Crippen molar-refractivity contribution in [3.8, 4) is 0 Å². The number of nitrogens with zero attached hydrogens (tertiary/aromatic N) is 2. The van der Waals surface area contributed by atoms with Crippen molar-refractivity contribution < 1.29 is 0 Å². The third-order valence-electron chi connectivity index (χ3n) is 2.10. The van der Waals surface area contributed by atoms with Crippen molar-refractivity contribution in [3.63, 3.8) is 0 Å². The first-order valence-electron chi connectivity index (χ1n) is 4.29. The van der Waals surface area contributed by atoms with Gasteiger partial charge >= 0.3 is 0 Å². The highest BCUT2D eigenvalue weighted by atomic mass is 35.5. The van der Waals surface area contributed by atoms with E-state index in [2.05, 4.69) is 23.4 Å². The van der Waals surface area contributed by atoms with Gasteiger partial charge in [-0.2, -0.15) is 0 Å². The number of aryl methyl sites for hydroxylation is 1. The second kappa shape index (κ2) is 3.94. The van der Waals surface area contributed by atoms with E-state index in [0.717, 1.165) is 24.5 Å². The van der Waals surface area contributed by atoms with Crippen LogP contribution in [-0.2, 0) is 12.4 Å². The van der Waals surface area contributed by atoms with Crippen LogP contribution >= 0.6 is 11.6 Å². The predicted octanol–water partition coefficient (Wildman–Crippen LogP) is 2.65. The summed E-state index contributed by atoms with van der Waals surface area (Å²) in [7, 11) is 0. The summed E-state index contributed by atoms with van der Waals surface area (Å²) in [4.78, 5) is 4.38. The molecule has 0 atom stereocenters. The second-order valence-electron chi connectivity index (χ2n) is 2.98. The van der Waals surface area contributed by atoms with Gasteiger partial charge < -0.3 is 4.57 Å². The molecule has 0 aliphatic rings. The molecule has 0 bridgehead atoms. The number of halogens is 1. The molecule has 0 aliphatic heterocycles. The van der Waals surface area contributed by atoms with E-state index in [-0.39, 0.29) is 0 Å². The van der Waals surface area contributed by atoms with Gasteiger partial charge in [0.2, 0.25) is 0 Å². The zero-order chi connectivity index (χ0) is 9.14. The molecule has 0 fully saturated rings. The van der Waals surface area contributed by atoms with Gasteiger partial charge in [0.15, 0.2) is 0 Å². The van der Waals surface area contributed by atoms with Crippen LogP contribution in [0.15, 0.2) is 0 Å². The Bertz CT molecular complexity index is 266. The van der Waals surface area contributed by atoms with Gasteiger partial charge in [0.25, 0.3) is 0 Å². The lowest BCUT2D eigenvalue weighted by atomic mass is 10.3. The summed E-state index contributed by atoms with van der Waals surface area (Å²) in [6, 6.07) is 0. The molecule has 0 aromatic carbocycles. The molecular weight excluding hydrogens is 172 g/mol. The van der Waals surface area contributed by atoms with E-state index >= 15 is 0 Å². The van der Waals surface area contributed by atoms with Crippen LogP contribution in [0.4, 0.5) is 0 Å². The lowest BCUT2D eigenvalue weighted by Gasteiger charge is -2.05. The molecule has 0 amide bonds. The third kappa shape index (κ3) is 1.63. The first-order chi connectivity index (χ1) is 5.70. The van der Waals surface area contributed by atoms with Gasteiger partial charge in [0.05, 0.1) is 11.6 Å². The fourth-order valence-electron chi connectivity index (χ4n) is 1.35. The Balaban J connectivity index is 3.03. The Kier molecular flexibility index (Phi) is 3.15. The molecule has 68 valence electrons. The molecule has 12 heavy (non-hydrogen) atoms. The van der Waals surface area contributed by atoms with Crippen molar-refractivity contribution in [2.75, 3.05) is 0 Å². The summed E-state index contributed by atoms with van der Waals surface area (Å²) < 4.78 is 2.20. The largest absolute Gasteiger partial charge is 0.331 e. The summed E-state index contributed by atoms with van der Waals surface area (Å²) in [5.41, 5.74) is 2.34. The highest BCUT2D eigenvalue weighted by molar-refractivity contribution is 6.16. The van der Waals surface area contributed by atoms with Gasteiger partial charge in [-0.05, 0) is 20.3 Å². The summed E-state index contributed by atoms with van der Waals surface area (Å²) in [6.07, 6.45) is 1.13. The summed E-state index contributed by atoms with van der Waals surface area (Å²) in [5.74, 6) is 1.50. The maximum Gasteiger partial charge on any atom is 0.124 e. The lowest BCUT2D eigenvalue weighted by molar-refractivity contribution is 0.638. The third-order valence-corrected chi connectivity index (χ3v) is 2.34. The quantitative estimate of drug-likeness (QED) is 0.664. The normalized spacial score (nSPS) is 10.7. The average Bonchev–Trinajstić information content (AvgIpc) is 2.33. The van der Waals surface area contributed by atoms with Gasteiger partial charge in [-0.3, -0.25) is 0 Å². The highest BCUT2D eigenvalue weighted by Gasteiger charge is 2.08. The Morgan fingerprint density at radius 1 is 1.42 bits per heavy atom. The van der Waals surface area contributed by atoms with Gasteiger partial charge in [-0.1, -0.05) is 6.92 Å². The minimum atomic E-state index is 0.509. The SMILES string of the molecule is CCCn1c(CCl)nc(C)c1C. The van der Waals surface area contributed by atoms with Crippen molar-refractivity contribution in [1.82, 2.24) is 9.55 Å². The van der Waals surface area contributed by atoms with Gasteiger partial charge in [0.1, 0.15) is 5.82 Å². The van der Waals surface area contributed by atoms with E-state index in [1.165, 1.54) is 5.69 Å². The van der Waals surface area contributed by atoms with Gasteiger partial charge in [-0.15, -0.1) is 11.6 Å². The van der Waals surface area contributed by atoms with Crippen molar-refractivity contribution in [2.45, 2.75) is 39.6 Å². The Hall–Kier alpha value is -0.500. The smallest absolute Gasteiger partial charge is 0.124 e. The molecule has 3 heteroatoms. The minimum absolute atomic E-state index is 0.509. The summed E-state index contributed by atoms with van der Waals surface area (Å²) in [6.45, 7) is 7.30. The second-order valence-corrected chi connectivity index (χ2v) is 3.25. The minimum Gasteiger partial charge on any atom is -0.331 e. The Morgan fingerprint density at radius 2 is 2.08 bits per heavy atom. The lowest BCUT2D eigenvalue weighted by Crippen LogP contribution is -2.03. The molecule has 0 saturated heterocycles. The molecule has 1 heterocycles. The van der Waals surface area contributed by atoms with Crippen LogP contribution < -0.4 is 0 Å². The fraction of sp³-hybridized carbons (Fsp3) is 0.667. The van der Waals surface area contributed by atoms with Crippen LogP contribution in [0.5, 0.6) is 0 Å². The monoisotopic (exact) mass is 186 g/mol. The van der Waals surface area contributed by atoms with Gasteiger partial charge in [-0.25, -0.2) is 4.98 Å². The molecule has 0 spiro atoms. The molecule has 2 nitrogen and oxygen atoms in total.